The van der Waals surface area contributed by atoms with Gasteiger partial charge < -0.3 is 4.57 Å². The summed E-state index contributed by atoms with van der Waals surface area (Å²) in [5, 5.41) is 0.597. The molecule has 152 valence electrons. The van der Waals surface area contributed by atoms with Crippen LogP contribution in [0.25, 0.3) is 33.2 Å². The van der Waals surface area contributed by atoms with Crippen molar-refractivity contribution in [2.75, 3.05) is 0 Å². The summed E-state index contributed by atoms with van der Waals surface area (Å²) in [6.45, 7) is 9.10. The highest BCUT2D eigenvalue weighted by atomic mass is 16.1. The van der Waals surface area contributed by atoms with Crippen molar-refractivity contribution >= 4 is 33.2 Å². The molecule has 3 heterocycles. The molecule has 0 saturated heterocycles. The molecule has 0 unspecified atom stereocenters. The minimum absolute atomic E-state index is 0.000586. The first-order valence-electron chi connectivity index (χ1n) is 10.7. The molecule has 4 aromatic rings. The first-order chi connectivity index (χ1) is 14.1. The summed E-state index contributed by atoms with van der Waals surface area (Å²) in [5.41, 5.74) is 3.76. The Labute approximate surface area is 170 Å². The lowest BCUT2D eigenvalue weighted by atomic mass is 10.2. The van der Waals surface area contributed by atoms with Crippen molar-refractivity contribution in [3.8, 4) is 0 Å². The Balaban J connectivity index is 2.02. The molecule has 0 aliphatic carbocycles. The molecule has 0 spiro atoms. The molecule has 0 radical (unpaired) electrons. The van der Waals surface area contributed by atoms with Crippen molar-refractivity contribution in [3.05, 3.63) is 40.4 Å². The zero-order valence-corrected chi connectivity index (χ0v) is 17.8. The number of hydrogen-bond donors (Lipinski definition) is 0. The lowest BCUT2D eigenvalue weighted by molar-refractivity contribution is 0.543. The predicted molar refractivity (Wildman–Crippen MR) is 118 cm³/mol. The maximum absolute atomic E-state index is 13.5. The van der Waals surface area contributed by atoms with E-state index in [1.165, 1.54) is 12.8 Å². The van der Waals surface area contributed by atoms with Crippen LogP contribution in [0.2, 0.25) is 0 Å². The van der Waals surface area contributed by atoms with Gasteiger partial charge in [0.1, 0.15) is 16.7 Å². The average Bonchev–Trinajstić information content (AvgIpc) is 3.03. The van der Waals surface area contributed by atoms with E-state index >= 15 is 0 Å². The largest absolute Gasteiger partial charge is 0.306 e. The van der Waals surface area contributed by atoms with Crippen LogP contribution < -0.4 is 5.56 Å². The van der Waals surface area contributed by atoms with E-state index in [1.54, 1.807) is 0 Å². The molecule has 3 aromatic heterocycles. The van der Waals surface area contributed by atoms with Gasteiger partial charge in [0, 0.05) is 12.6 Å². The number of hydrogen-bond acceptors (Lipinski definition) is 4. The Kier molecular flexibility index (Phi) is 5.35. The number of para-hydroxylation sites is 2. The fraction of sp³-hybridized carbons (Fsp3) is 0.478. The summed E-state index contributed by atoms with van der Waals surface area (Å²) in [4.78, 5) is 28.1. The maximum Gasteiger partial charge on any atom is 0.265 e. The second-order valence-electron chi connectivity index (χ2n) is 7.89. The molecule has 29 heavy (non-hydrogen) atoms. The summed E-state index contributed by atoms with van der Waals surface area (Å²) < 4.78 is 3.91. The van der Waals surface area contributed by atoms with Crippen molar-refractivity contribution in [2.45, 2.75) is 72.4 Å². The highest BCUT2D eigenvalue weighted by Gasteiger charge is 2.23. The molecule has 1 aromatic carbocycles. The second kappa shape index (κ2) is 7.93. The number of aryl methyl sites for hydroxylation is 1. The molecule has 0 amide bonds. The van der Waals surface area contributed by atoms with Gasteiger partial charge in [-0.3, -0.25) is 9.36 Å². The third-order valence-electron chi connectivity index (χ3n) is 5.85. The van der Waals surface area contributed by atoms with Crippen LogP contribution in [-0.2, 0) is 6.54 Å². The minimum atomic E-state index is 0.000586. The quantitative estimate of drug-likeness (QED) is 0.408. The third-order valence-corrected chi connectivity index (χ3v) is 5.85. The van der Waals surface area contributed by atoms with E-state index in [0.717, 1.165) is 41.8 Å². The third kappa shape index (κ3) is 3.30. The van der Waals surface area contributed by atoms with Crippen LogP contribution in [0.5, 0.6) is 0 Å². The van der Waals surface area contributed by atoms with E-state index in [4.69, 9.17) is 15.0 Å². The molecule has 1 atom stereocenters. The summed E-state index contributed by atoms with van der Waals surface area (Å²) in [7, 11) is 0. The van der Waals surface area contributed by atoms with Gasteiger partial charge in [-0.05, 0) is 38.8 Å². The highest BCUT2D eigenvalue weighted by molar-refractivity contribution is 6.04. The molecule has 0 fully saturated rings. The first-order valence-corrected chi connectivity index (χ1v) is 10.7. The summed E-state index contributed by atoms with van der Waals surface area (Å²) in [5.74, 6) is 0.760. The van der Waals surface area contributed by atoms with Gasteiger partial charge >= 0.3 is 0 Å². The molecule has 6 nitrogen and oxygen atoms in total. The zero-order valence-electron chi connectivity index (χ0n) is 17.8. The average molecular weight is 392 g/mol. The van der Waals surface area contributed by atoms with Gasteiger partial charge in [0.25, 0.3) is 5.56 Å². The number of aromatic nitrogens is 5. The van der Waals surface area contributed by atoms with Gasteiger partial charge in [0.2, 0.25) is 0 Å². The van der Waals surface area contributed by atoms with Gasteiger partial charge in [-0.2, -0.15) is 0 Å². The van der Waals surface area contributed by atoms with Crippen molar-refractivity contribution < 1.29 is 0 Å². The molecule has 0 aliphatic heterocycles. The van der Waals surface area contributed by atoms with Crippen LogP contribution in [0.4, 0.5) is 0 Å². The summed E-state index contributed by atoms with van der Waals surface area (Å²) in [6, 6.07) is 8.00. The summed E-state index contributed by atoms with van der Waals surface area (Å²) >= 11 is 0. The Morgan fingerprint density at radius 1 is 0.966 bits per heavy atom. The number of nitrogens with zero attached hydrogens (tertiary/aromatic N) is 5. The fourth-order valence-corrected chi connectivity index (χ4v) is 4.02. The molecular formula is C23H29N5O. The van der Waals surface area contributed by atoms with Crippen LogP contribution in [0.15, 0.2) is 29.1 Å². The van der Waals surface area contributed by atoms with Crippen molar-refractivity contribution in [1.82, 2.24) is 24.1 Å². The van der Waals surface area contributed by atoms with Crippen molar-refractivity contribution in [3.63, 3.8) is 0 Å². The first kappa shape index (κ1) is 19.6. The summed E-state index contributed by atoms with van der Waals surface area (Å²) in [6.07, 6.45) is 5.40. The second-order valence-corrected chi connectivity index (χ2v) is 7.89. The molecule has 6 heteroatoms. The topological polar surface area (TPSA) is 65.6 Å². The number of unbranched alkanes of at least 4 members (excludes halogenated alkanes) is 3. The van der Waals surface area contributed by atoms with Crippen LogP contribution in [0.1, 0.15) is 64.7 Å². The van der Waals surface area contributed by atoms with E-state index in [9.17, 15) is 4.79 Å². The van der Waals surface area contributed by atoms with Crippen molar-refractivity contribution in [1.29, 1.82) is 0 Å². The smallest absolute Gasteiger partial charge is 0.265 e. The number of benzene rings is 1. The highest BCUT2D eigenvalue weighted by Crippen LogP contribution is 2.29. The van der Waals surface area contributed by atoms with Gasteiger partial charge in [-0.1, -0.05) is 45.2 Å². The van der Waals surface area contributed by atoms with Gasteiger partial charge in [-0.15, -0.1) is 0 Å². The molecule has 0 N–H and O–H groups in total. The molecule has 4 rings (SSSR count). The van der Waals surface area contributed by atoms with Gasteiger partial charge in [0.05, 0.1) is 11.0 Å². The lowest BCUT2D eigenvalue weighted by Crippen LogP contribution is -2.24. The lowest BCUT2D eigenvalue weighted by Gasteiger charge is -2.14. The normalized spacial score (nSPS) is 13.0. The number of rotatable bonds is 7. The maximum atomic E-state index is 13.5. The molecule has 0 saturated carbocycles. The Hall–Kier alpha value is -2.76. The Morgan fingerprint density at radius 2 is 1.69 bits per heavy atom. The van der Waals surface area contributed by atoms with Gasteiger partial charge in [0.15, 0.2) is 11.3 Å². The van der Waals surface area contributed by atoms with Crippen LogP contribution in [0.3, 0.4) is 0 Å². The van der Waals surface area contributed by atoms with E-state index in [1.807, 2.05) is 35.8 Å². The fourth-order valence-electron chi connectivity index (χ4n) is 4.02. The molecule has 0 bridgehead atoms. The molecular weight excluding hydrogens is 362 g/mol. The van der Waals surface area contributed by atoms with Crippen molar-refractivity contribution in [2.24, 2.45) is 0 Å². The van der Waals surface area contributed by atoms with Gasteiger partial charge in [-0.25, -0.2) is 15.0 Å². The number of fused-ring (bicyclic) bond motifs is 4. The van der Waals surface area contributed by atoms with Crippen LogP contribution >= 0.6 is 0 Å². The SMILES string of the molecule is CCCCCCn1c(C)nc2c(c1=O)c1nc3ccccc3nc1n2[C@H](C)CC. The van der Waals surface area contributed by atoms with E-state index < -0.39 is 0 Å². The predicted octanol–water partition coefficient (Wildman–Crippen LogP) is 5.15. The molecule has 0 aliphatic rings. The Bertz CT molecular complexity index is 1240. The van der Waals surface area contributed by atoms with Crippen LogP contribution in [-0.4, -0.2) is 24.1 Å². The zero-order chi connectivity index (χ0) is 20.5. The Morgan fingerprint density at radius 3 is 2.38 bits per heavy atom. The minimum Gasteiger partial charge on any atom is -0.306 e. The monoisotopic (exact) mass is 391 g/mol. The standard InChI is InChI=1S/C23H29N5O/c1-5-7-8-11-14-27-16(4)24-21-19(23(27)29)20-22(28(21)15(3)6-2)26-18-13-10-9-12-17(18)25-20/h9-10,12-13,15H,5-8,11,14H2,1-4H3/t15-/m1/s1. The van der Waals surface area contributed by atoms with Crippen LogP contribution in [0, 0.1) is 6.92 Å². The van der Waals surface area contributed by atoms with E-state index in [2.05, 4.69) is 25.3 Å². The van der Waals surface area contributed by atoms with E-state index in [0.29, 0.717) is 23.1 Å². The van der Waals surface area contributed by atoms with E-state index in [-0.39, 0.29) is 11.6 Å².